The lowest BCUT2D eigenvalue weighted by Crippen LogP contribution is -2.22. The van der Waals surface area contributed by atoms with E-state index in [0.717, 1.165) is 12.1 Å². The van der Waals surface area contributed by atoms with Crippen molar-refractivity contribution in [2.45, 2.75) is 19.5 Å². The number of halogens is 5. The van der Waals surface area contributed by atoms with Crippen molar-refractivity contribution in [1.29, 1.82) is 0 Å². The molecule has 0 radical (unpaired) electrons. The summed E-state index contributed by atoms with van der Waals surface area (Å²) in [6.45, 7) is 1.68. The molecule has 2 N–H and O–H groups in total. The van der Waals surface area contributed by atoms with Crippen molar-refractivity contribution in [3.05, 3.63) is 98.1 Å². The lowest BCUT2D eigenvalue weighted by Gasteiger charge is -2.16. The summed E-state index contributed by atoms with van der Waals surface area (Å²) < 4.78 is 58.9. The van der Waals surface area contributed by atoms with Gasteiger partial charge in [0, 0.05) is 22.0 Å². The smallest absolute Gasteiger partial charge is 0.418 e. The second-order valence-corrected chi connectivity index (χ2v) is 8.55. The number of carbonyl (C=O) groups is 2. The fourth-order valence-corrected chi connectivity index (χ4v) is 4.04. The molecule has 0 fully saturated rings. The molecule has 0 atom stereocenters. The van der Waals surface area contributed by atoms with Gasteiger partial charge in [-0.25, -0.2) is 14.0 Å². The van der Waals surface area contributed by atoms with E-state index in [9.17, 15) is 37.1 Å². The highest BCUT2D eigenvalue weighted by Gasteiger charge is 2.34. The minimum absolute atomic E-state index is 0.0679. The van der Waals surface area contributed by atoms with Crippen molar-refractivity contribution in [3.8, 4) is 11.1 Å². The minimum atomic E-state index is -4.95. The van der Waals surface area contributed by atoms with Crippen molar-refractivity contribution in [1.82, 2.24) is 0 Å². The van der Waals surface area contributed by atoms with Gasteiger partial charge in [-0.05, 0) is 54.4 Å². The Labute approximate surface area is 211 Å². The Morgan fingerprint density at radius 2 is 1.81 bits per heavy atom. The minimum Gasteiger partial charge on any atom is -0.478 e. The van der Waals surface area contributed by atoms with Gasteiger partial charge in [-0.3, -0.25) is 4.79 Å². The zero-order valence-electron chi connectivity index (χ0n) is 18.9. The molecular formula is C26H16ClF4NO5. The fourth-order valence-electron chi connectivity index (χ4n) is 3.88. The van der Waals surface area contributed by atoms with E-state index in [2.05, 4.69) is 5.32 Å². The maximum absolute atomic E-state index is 13.4. The molecule has 0 bridgehead atoms. The normalized spacial score (nSPS) is 11.5. The summed E-state index contributed by atoms with van der Waals surface area (Å²) >= 11 is 6.16. The number of carboxylic acids is 1. The van der Waals surface area contributed by atoms with E-state index in [1.165, 1.54) is 30.3 Å². The van der Waals surface area contributed by atoms with E-state index in [1.807, 2.05) is 0 Å². The van der Waals surface area contributed by atoms with Crippen molar-refractivity contribution >= 4 is 40.1 Å². The maximum Gasteiger partial charge on any atom is 0.418 e. The first kappa shape index (κ1) is 25.9. The number of amides is 1. The van der Waals surface area contributed by atoms with Crippen LogP contribution < -0.4 is 10.9 Å². The van der Waals surface area contributed by atoms with E-state index < -0.39 is 47.2 Å². The molecule has 0 aliphatic rings. The number of hydrogen-bond donors (Lipinski definition) is 2. The Bertz CT molecular complexity index is 1630. The SMILES string of the molecule is Cc1cc2c(-c3cccc(C(=O)O)c3)c(CC(=O)Nc3ccc(F)cc3C(F)(F)F)c(=O)oc2cc1Cl. The second kappa shape index (κ2) is 9.70. The van der Waals surface area contributed by atoms with Crippen LogP contribution >= 0.6 is 11.6 Å². The molecule has 4 rings (SSSR count). The predicted molar refractivity (Wildman–Crippen MR) is 128 cm³/mol. The van der Waals surface area contributed by atoms with Crippen LogP contribution in [0.4, 0.5) is 23.2 Å². The molecule has 0 saturated heterocycles. The first-order chi connectivity index (χ1) is 17.3. The number of fused-ring (bicyclic) bond motifs is 1. The fraction of sp³-hybridized carbons (Fsp3) is 0.115. The standard InChI is InChI=1S/C26H16ClF4NO5/c1-12-7-16-21(11-19(12)27)37-25(36)17(23(16)13-3-2-4-14(8-13)24(34)35)10-22(33)32-20-6-5-15(28)9-18(20)26(29,30)31/h2-9,11H,10H2,1H3,(H,32,33)(H,34,35). The number of hydrogen-bond acceptors (Lipinski definition) is 4. The average Bonchev–Trinajstić information content (AvgIpc) is 2.81. The van der Waals surface area contributed by atoms with E-state index in [1.54, 1.807) is 13.0 Å². The van der Waals surface area contributed by atoms with Crippen LogP contribution in [0.1, 0.15) is 27.0 Å². The van der Waals surface area contributed by atoms with Crippen LogP contribution in [-0.2, 0) is 17.4 Å². The van der Waals surface area contributed by atoms with Crippen molar-refractivity contribution in [3.63, 3.8) is 0 Å². The average molecular weight is 534 g/mol. The van der Waals surface area contributed by atoms with Gasteiger partial charge in [-0.2, -0.15) is 13.2 Å². The molecule has 190 valence electrons. The van der Waals surface area contributed by atoms with E-state index in [4.69, 9.17) is 16.0 Å². The Kier molecular flexibility index (Phi) is 6.79. The predicted octanol–water partition coefficient (Wildman–Crippen LogP) is 6.46. The third-order valence-corrected chi connectivity index (χ3v) is 5.98. The zero-order valence-corrected chi connectivity index (χ0v) is 19.6. The lowest BCUT2D eigenvalue weighted by atomic mass is 9.93. The van der Waals surface area contributed by atoms with Gasteiger partial charge in [0.25, 0.3) is 0 Å². The number of alkyl halides is 3. The molecule has 0 unspecified atom stereocenters. The molecule has 0 aliphatic carbocycles. The molecule has 4 aromatic rings. The third-order valence-electron chi connectivity index (χ3n) is 5.58. The number of carbonyl (C=O) groups excluding carboxylic acids is 1. The second-order valence-electron chi connectivity index (χ2n) is 8.14. The van der Waals surface area contributed by atoms with Crippen LogP contribution in [-0.4, -0.2) is 17.0 Å². The number of benzene rings is 3. The number of aromatic carboxylic acids is 1. The van der Waals surface area contributed by atoms with Crippen molar-refractivity contribution in [2.75, 3.05) is 5.32 Å². The van der Waals surface area contributed by atoms with Gasteiger partial charge >= 0.3 is 17.8 Å². The van der Waals surface area contributed by atoms with Crippen LogP contribution in [0.3, 0.4) is 0 Å². The first-order valence-corrected chi connectivity index (χ1v) is 11.0. The number of nitrogens with one attached hydrogen (secondary N) is 1. The summed E-state index contributed by atoms with van der Waals surface area (Å²) in [5.74, 6) is -3.39. The number of aryl methyl sites for hydroxylation is 1. The Morgan fingerprint density at radius 1 is 1.08 bits per heavy atom. The Morgan fingerprint density at radius 3 is 2.49 bits per heavy atom. The largest absolute Gasteiger partial charge is 0.478 e. The molecule has 0 spiro atoms. The Hall–Kier alpha value is -4.18. The highest BCUT2D eigenvalue weighted by molar-refractivity contribution is 6.32. The van der Waals surface area contributed by atoms with Gasteiger partial charge in [0.05, 0.1) is 28.8 Å². The van der Waals surface area contributed by atoms with Gasteiger partial charge in [0.2, 0.25) is 5.91 Å². The Balaban J connectivity index is 1.86. The van der Waals surface area contributed by atoms with Gasteiger partial charge in [-0.1, -0.05) is 23.7 Å². The molecular weight excluding hydrogens is 518 g/mol. The number of carboxylic acid groups (broad SMARTS) is 1. The van der Waals surface area contributed by atoms with Gasteiger partial charge in [0.15, 0.2) is 0 Å². The summed E-state index contributed by atoms with van der Waals surface area (Å²) in [5.41, 5.74) is -2.28. The van der Waals surface area contributed by atoms with Crippen LogP contribution in [0.5, 0.6) is 0 Å². The topological polar surface area (TPSA) is 96.6 Å². The van der Waals surface area contributed by atoms with E-state index >= 15 is 0 Å². The van der Waals surface area contributed by atoms with Crippen LogP contribution in [0.25, 0.3) is 22.1 Å². The summed E-state index contributed by atoms with van der Waals surface area (Å²) in [5, 5.41) is 12.1. The van der Waals surface area contributed by atoms with Crippen molar-refractivity contribution < 1.29 is 36.7 Å². The summed E-state index contributed by atoms with van der Waals surface area (Å²) in [6.07, 6.45) is -5.67. The summed E-state index contributed by atoms with van der Waals surface area (Å²) in [4.78, 5) is 37.3. The molecule has 1 amide bonds. The van der Waals surface area contributed by atoms with Gasteiger partial charge in [-0.15, -0.1) is 0 Å². The van der Waals surface area contributed by atoms with Gasteiger partial charge < -0.3 is 14.8 Å². The molecule has 0 aliphatic heterocycles. The quantitative estimate of drug-likeness (QED) is 0.227. The highest BCUT2D eigenvalue weighted by Crippen LogP contribution is 2.36. The van der Waals surface area contributed by atoms with E-state index in [0.29, 0.717) is 16.0 Å². The zero-order chi connectivity index (χ0) is 27.1. The summed E-state index contributed by atoms with van der Waals surface area (Å²) in [7, 11) is 0. The van der Waals surface area contributed by atoms with Crippen molar-refractivity contribution in [2.24, 2.45) is 0 Å². The lowest BCUT2D eigenvalue weighted by molar-refractivity contribution is -0.137. The van der Waals surface area contributed by atoms with Crippen LogP contribution in [0, 0.1) is 12.7 Å². The molecule has 6 nitrogen and oxygen atoms in total. The molecule has 1 heterocycles. The number of anilines is 1. The highest BCUT2D eigenvalue weighted by atomic mass is 35.5. The summed E-state index contributed by atoms with van der Waals surface area (Å²) in [6, 6.07) is 10.3. The molecule has 1 aromatic heterocycles. The van der Waals surface area contributed by atoms with Crippen LogP contribution in [0.15, 0.2) is 63.8 Å². The first-order valence-electron chi connectivity index (χ1n) is 10.6. The maximum atomic E-state index is 13.4. The monoisotopic (exact) mass is 533 g/mol. The third kappa shape index (κ3) is 5.34. The van der Waals surface area contributed by atoms with Crippen LogP contribution in [0.2, 0.25) is 5.02 Å². The molecule has 3 aromatic carbocycles. The molecule has 0 saturated carbocycles. The van der Waals surface area contributed by atoms with Gasteiger partial charge in [0.1, 0.15) is 11.4 Å². The number of rotatable bonds is 5. The molecule has 37 heavy (non-hydrogen) atoms. The molecule has 11 heteroatoms. The van der Waals surface area contributed by atoms with E-state index in [-0.39, 0.29) is 33.9 Å².